The average molecular weight is 194 g/mol. The van der Waals surface area contributed by atoms with Crippen LogP contribution in [0.4, 0.5) is 0 Å². The molecule has 0 atom stereocenters. The molecule has 0 aromatic heterocycles. The van der Waals surface area contributed by atoms with Gasteiger partial charge in [0.2, 0.25) is 0 Å². The van der Waals surface area contributed by atoms with Gasteiger partial charge in [-0.15, -0.1) is 0 Å². The molecule has 78 valence electrons. The molecule has 0 aliphatic heterocycles. The van der Waals surface area contributed by atoms with Crippen LogP contribution in [0, 0.1) is 0 Å². The summed E-state index contributed by atoms with van der Waals surface area (Å²) in [6, 6.07) is 10.5. The molecular weight excluding hydrogens is 176 g/mol. The fourth-order valence-corrected chi connectivity index (χ4v) is 0.838. The van der Waals surface area contributed by atoms with Crippen molar-refractivity contribution in [2.24, 2.45) is 0 Å². The first-order valence-corrected chi connectivity index (χ1v) is 4.73. The van der Waals surface area contributed by atoms with Crippen LogP contribution >= 0.6 is 0 Å². The van der Waals surface area contributed by atoms with Gasteiger partial charge >= 0.3 is 0 Å². The summed E-state index contributed by atoms with van der Waals surface area (Å²) < 4.78 is 0. The Bertz CT molecular complexity index is 252. The highest BCUT2D eigenvalue weighted by molar-refractivity contribution is 5.76. The first-order chi connectivity index (χ1) is 6.57. The van der Waals surface area contributed by atoms with Gasteiger partial charge in [-0.25, -0.2) is 0 Å². The van der Waals surface area contributed by atoms with Gasteiger partial charge in [-0.3, -0.25) is 4.79 Å². The van der Waals surface area contributed by atoms with E-state index in [9.17, 15) is 4.79 Å². The molecule has 0 radical (unpaired) electrons. The zero-order chi connectivity index (χ0) is 11.0. The van der Waals surface area contributed by atoms with Crippen LogP contribution in [0.2, 0.25) is 0 Å². The van der Waals surface area contributed by atoms with Gasteiger partial charge in [-0.1, -0.05) is 44.2 Å². The van der Waals surface area contributed by atoms with E-state index in [1.807, 2.05) is 6.07 Å². The molecule has 1 N–H and O–H groups in total. The van der Waals surface area contributed by atoms with Gasteiger partial charge in [-0.2, -0.15) is 0 Å². The maximum Gasteiger partial charge on any atom is 0.155 e. The monoisotopic (exact) mass is 194 g/mol. The summed E-state index contributed by atoms with van der Waals surface area (Å²) in [5.74, 6) is 0.469. The molecule has 14 heavy (non-hydrogen) atoms. The Morgan fingerprint density at radius 2 is 1.71 bits per heavy atom. The van der Waals surface area contributed by atoms with Crippen LogP contribution in [-0.4, -0.2) is 17.5 Å². The van der Waals surface area contributed by atoms with Gasteiger partial charge < -0.3 is 5.11 Å². The molecule has 0 fully saturated rings. The Balaban J connectivity index is 0.000000292. The summed E-state index contributed by atoms with van der Waals surface area (Å²) in [4.78, 5) is 9.56. The van der Waals surface area contributed by atoms with Crippen molar-refractivity contribution in [1.82, 2.24) is 0 Å². The van der Waals surface area contributed by atoms with Crippen molar-refractivity contribution >= 4 is 5.78 Å². The van der Waals surface area contributed by atoms with Crippen molar-refractivity contribution in [3.8, 4) is 0 Å². The number of ketones is 1. The first kappa shape index (κ1) is 12.8. The van der Waals surface area contributed by atoms with Gasteiger partial charge in [0, 0.05) is 0 Å². The standard InChI is InChI=1S/C9H12.C3H6O2/c1-8(2)9-6-4-3-5-7-9;1-3(5)2-4/h3-8H,1-2H3;4H,2H2,1H3. The Morgan fingerprint density at radius 3 is 1.93 bits per heavy atom. The minimum absolute atomic E-state index is 0.190. The van der Waals surface area contributed by atoms with Crippen molar-refractivity contribution < 1.29 is 9.90 Å². The molecule has 2 heteroatoms. The number of Topliss-reactive ketones (excluding diaryl/α,β-unsaturated/α-hetero) is 1. The highest BCUT2D eigenvalue weighted by atomic mass is 16.3. The van der Waals surface area contributed by atoms with Crippen LogP contribution in [-0.2, 0) is 4.79 Å². The molecule has 0 unspecified atom stereocenters. The van der Waals surface area contributed by atoms with E-state index in [1.165, 1.54) is 12.5 Å². The van der Waals surface area contributed by atoms with Crippen LogP contribution in [0.25, 0.3) is 0 Å². The van der Waals surface area contributed by atoms with Gasteiger partial charge in [0.15, 0.2) is 5.78 Å². The number of carbonyl (C=O) groups is 1. The third-order valence-corrected chi connectivity index (χ3v) is 1.69. The van der Waals surface area contributed by atoms with Crippen molar-refractivity contribution in [2.75, 3.05) is 6.61 Å². The number of rotatable bonds is 2. The summed E-state index contributed by atoms with van der Waals surface area (Å²) in [7, 11) is 0. The predicted octanol–water partition coefficient (Wildman–Crippen LogP) is 2.38. The van der Waals surface area contributed by atoms with Gasteiger partial charge in [-0.05, 0) is 18.4 Å². The number of hydrogen-bond donors (Lipinski definition) is 1. The topological polar surface area (TPSA) is 37.3 Å². The highest BCUT2D eigenvalue weighted by Crippen LogP contribution is 2.11. The zero-order valence-corrected chi connectivity index (χ0v) is 9.03. The maximum atomic E-state index is 9.56. The molecule has 0 heterocycles. The molecule has 0 saturated heterocycles. The second-order valence-corrected chi connectivity index (χ2v) is 3.43. The van der Waals surface area contributed by atoms with E-state index in [-0.39, 0.29) is 12.4 Å². The smallest absolute Gasteiger partial charge is 0.155 e. The van der Waals surface area contributed by atoms with Gasteiger partial charge in [0.05, 0.1) is 0 Å². The van der Waals surface area contributed by atoms with E-state index in [2.05, 4.69) is 38.1 Å². The maximum absolute atomic E-state index is 9.56. The van der Waals surface area contributed by atoms with Crippen LogP contribution < -0.4 is 0 Å². The van der Waals surface area contributed by atoms with Crippen LogP contribution in [0.1, 0.15) is 32.3 Å². The third kappa shape index (κ3) is 6.38. The molecule has 1 rings (SSSR count). The van der Waals surface area contributed by atoms with Crippen LogP contribution in [0.15, 0.2) is 30.3 Å². The van der Waals surface area contributed by atoms with Gasteiger partial charge in [0.25, 0.3) is 0 Å². The van der Waals surface area contributed by atoms with Crippen molar-refractivity contribution in [1.29, 1.82) is 0 Å². The Hall–Kier alpha value is -1.15. The van der Waals surface area contributed by atoms with Crippen LogP contribution in [0.5, 0.6) is 0 Å². The van der Waals surface area contributed by atoms with Crippen molar-refractivity contribution in [3.05, 3.63) is 35.9 Å². The average Bonchev–Trinajstić information content (AvgIpc) is 2.20. The third-order valence-electron chi connectivity index (χ3n) is 1.69. The summed E-state index contributed by atoms with van der Waals surface area (Å²) in [5.41, 5.74) is 1.41. The highest BCUT2D eigenvalue weighted by Gasteiger charge is 1.93. The molecule has 0 spiro atoms. The summed E-state index contributed by atoms with van der Waals surface area (Å²) >= 11 is 0. The fourth-order valence-electron chi connectivity index (χ4n) is 0.838. The molecule has 2 nitrogen and oxygen atoms in total. The lowest BCUT2D eigenvalue weighted by molar-refractivity contribution is -0.119. The quantitative estimate of drug-likeness (QED) is 0.784. The lowest BCUT2D eigenvalue weighted by Crippen LogP contribution is -1.93. The SMILES string of the molecule is CC(=O)CO.CC(C)c1ccccc1. The number of carbonyl (C=O) groups excluding carboxylic acids is 1. The normalized spacial score (nSPS) is 9.21. The Morgan fingerprint density at radius 1 is 1.29 bits per heavy atom. The van der Waals surface area contributed by atoms with E-state index in [0.29, 0.717) is 5.92 Å². The van der Waals surface area contributed by atoms with E-state index >= 15 is 0 Å². The first-order valence-electron chi connectivity index (χ1n) is 4.73. The number of aliphatic hydroxyl groups excluding tert-OH is 1. The van der Waals surface area contributed by atoms with E-state index < -0.39 is 0 Å². The van der Waals surface area contributed by atoms with Gasteiger partial charge in [0.1, 0.15) is 6.61 Å². The van der Waals surface area contributed by atoms with Crippen LogP contribution in [0.3, 0.4) is 0 Å². The molecule has 0 bridgehead atoms. The second-order valence-electron chi connectivity index (χ2n) is 3.43. The minimum atomic E-state index is -0.333. The lowest BCUT2D eigenvalue weighted by atomic mass is 10.0. The molecule has 0 aliphatic carbocycles. The molecule has 1 aromatic carbocycles. The summed E-state index contributed by atoms with van der Waals surface area (Å²) in [6.07, 6.45) is 0. The largest absolute Gasteiger partial charge is 0.389 e. The molecule has 0 amide bonds. The van der Waals surface area contributed by atoms with E-state index in [4.69, 9.17) is 5.11 Å². The number of benzene rings is 1. The van der Waals surface area contributed by atoms with Crippen molar-refractivity contribution in [3.63, 3.8) is 0 Å². The minimum Gasteiger partial charge on any atom is -0.389 e. The molecular formula is C12H18O2. The number of hydrogen-bond acceptors (Lipinski definition) is 2. The second kappa shape index (κ2) is 7.27. The lowest BCUT2D eigenvalue weighted by Gasteiger charge is -2.01. The fraction of sp³-hybridized carbons (Fsp3) is 0.417. The molecule has 0 saturated carbocycles. The Kier molecular flexibility index (Phi) is 6.68. The Labute approximate surface area is 85.6 Å². The van der Waals surface area contributed by atoms with Crippen molar-refractivity contribution in [2.45, 2.75) is 26.7 Å². The van der Waals surface area contributed by atoms with E-state index in [1.54, 1.807) is 0 Å². The number of aliphatic hydroxyl groups is 1. The zero-order valence-electron chi connectivity index (χ0n) is 9.03. The summed E-state index contributed by atoms with van der Waals surface area (Å²) in [5, 5.41) is 7.79. The van der Waals surface area contributed by atoms with E-state index in [0.717, 1.165) is 0 Å². The predicted molar refractivity (Wildman–Crippen MR) is 58.3 cm³/mol. The summed E-state index contributed by atoms with van der Waals surface area (Å²) in [6.45, 7) is 5.41. The molecule has 0 aliphatic rings. The molecule has 1 aromatic rings.